The fourth-order valence-corrected chi connectivity index (χ4v) is 2.04. The average Bonchev–Trinajstić information content (AvgIpc) is 2.65. The van der Waals surface area contributed by atoms with Crippen LogP contribution in [-0.2, 0) is 0 Å². The Morgan fingerprint density at radius 2 is 1.93 bits per heavy atom. The van der Waals surface area contributed by atoms with E-state index in [1.807, 2.05) is 4.90 Å². The molecular weight excluding hydrogens is 176 g/mol. The van der Waals surface area contributed by atoms with E-state index in [2.05, 4.69) is 24.4 Å². The zero-order chi connectivity index (χ0) is 10.4. The van der Waals surface area contributed by atoms with Gasteiger partial charge in [-0.3, -0.25) is 4.90 Å². The summed E-state index contributed by atoms with van der Waals surface area (Å²) in [7, 11) is 0. The van der Waals surface area contributed by atoms with Crippen molar-refractivity contribution in [2.24, 2.45) is 5.92 Å². The Labute approximate surface area is 85.1 Å². The summed E-state index contributed by atoms with van der Waals surface area (Å²) in [5.41, 5.74) is 0. The van der Waals surface area contributed by atoms with Gasteiger partial charge in [-0.25, -0.2) is 0 Å². The lowest BCUT2D eigenvalue weighted by molar-refractivity contribution is 0.211. The first kappa shape index (κ1) is 11.0. The number of hydrogen-bond donors (Lipinski definition) is 1. The molecule has 2 atom stereocenters. The lowest BCUT2D eigenvalue weighted by atomic mass is 9.99. The second kappa shape index (κ2) is 5.59. The molecule has 14 heavy (non-hydrogen) atoms. The van der Waals surface area contributed by atoms with E-state index in [9.17, 15) is 0 Å². The molecule has 1 aliphatic rings. The van der Waals surface area contributed by atoms with Crippen LogP contribution in [-0.4, -0.2) is 37.1 Å². The molecule has 0 aromatic rings. The zero-order valence-electron chi connectivity index (χ0n) is 8.53. The standard InChI is InChI=1S/C10H16N4/c1-2-9-7-13-8-10(9)14(5-3-11)6-4-12/h9-10,13H,2,5-8H2,1H3. The molecule has 0 radical (unpaired) electrons. The van der Waals surface area contributed by atoms with E-state index in [-0.39, 0.29) is 0 Å². The van der Waals surface area contributed by atoms with E-state index < -0.39 is 0 Å². The summed E-state index contributed by atoms with van der Waals surface area (Å²) in [6.45, 7) is 4.78. The third-order valence-corrected chi connectivity index (χ3v) is 2.85. The number of nitriles is 2. The van der Waals surface area contributed by atoms with E-state index in [1.165, 1.54) is 0 Å². The van der Waals surface area contributed by atoms with Crippen LogP contribution < -0.4 is 5.32 Å². The Hall–Kier alpha value is -1.10. The van der Waals surface area contributed by atoms with Gasteiger partial charge in [0.1, 0.15) is 0 Å². The van der Waals surface area contributed by atoms with Crippen LogP contribution in [0.3, 0.4) is 0 Å². The van der Waals surface area contributed by atoms with Crippen LogP contribution in [0.5, 0.6) is 0 Å². The van der Waals surface area contributed by atoms with Gasteiger partial charge < -0.3 is 5.32 Å². The van der Waals surface area contributed by atoms with Crippen molar-refractivity contribution in [3.05, 3.63) is 0 Å². The van der Waals surface area contributed by atoms with E-state index in [0.29, 0.717) is 25.0 Å². The highest BCUT2D eigenvalue weighted by Crippen LogP contribution is 2.18. The van der Waals surface area contributed by atoms with Crippen molar-refractivity contribution in [3.8, 4) is 12.1 Å². The van der Waals surface area contributed by atoms with Crippen LogP contribution in [0.15, 0.2) is 0 Å². The summed E-state index contributed by atoms with van der Waals surface area (Å²) >= 11 is 0. The molecule has 4 heteroatoms. The quantitative estimate of drug-likeness (QED) is 0.652. The van der Waals surface area contributed by atoms with Crippen LogP contribution in [0.25, 0.3) is 0 Å². The topological polar surface area (TPSA) is 62.9 Å². The van der Waals surface area contributed by atoms with Gasteiger partial charge in [0.15, 0.2) is 0 Å². The van der Waals surface area contributed by atoms with E-state index >= 15 is 0 Å². The summed E-state index contributed by atoms with van der Waals surface area (Å²) in [5, 5.41) is 20.6. The van der Waals surface area contributed by atoms with Crippen molar-refractivity contribution < 1.29 is 0 Å². The maximum Gasteiger partial charge on any atom is 0.0877 e. The van der Waals surface area contributed by atoms with E-state index in [4.69, 9.17) is 10.5 Å². The summed E-state index contributed by atoms with van der Waals surface area (Å²) < 4.78 is 0. The summed E-state index contributed by atoms with van der Waals surface area (Å²) in [6, 6.07) is 4.60. The van der Waals surface area contributed by atoms with Crippen molar-refractivity contribution in [2.45, 2.75) is 19.4 Å². The van der Waals surface area contributed by atoms with Crippen LogP contribution in [0, 0.1) is 28.6 Å². The predicted molar refractivity (Wildman–Crippen MR) is 53.2 cm³/mol. The lowest BCUT2D eigenvalue weighted by Crippen LogP contribution is -2.41. The van der Waals surface area contributed by atoms with Crippen LogP contribution >= 0.6 is 0 Å². The highest BCUT2D eigenvalue weighted by Gasteiger charge is 2.30. The zero-order valence-corrected chi connectivity index (χ0v) is 8.53. The molecule has 0 aromatic carbocycles. The molecule has 0 spiro atoms. The van der Waals surface area contributed by atoms with Gasteiger partial charge in [0.25, 0.3) is 0 Å². The van der Waals surface area contributed by atoms with Gasteiger partial charge in [-0.2, -0.15) is 10.5 Å². The Balaban J connectivity index is 2.58. The molecule has 1 saturated heterocycles. The fraction of sp³-hybridized carbons (Fsp3) is 0.800. The third-order valence-electron chi connectivity index (χ3n) is 2.85. The number of nitrogens with one attached hydrogen (secondary N) is 1. The summed E-state index contributed by atoms with van der Waals surface area (Å²) in [5.74, 6) is 0.580. The fourth-order valence-electron chi connectivity index (χ4n) is 2.04. The van der Waals surface area contributed by atoms with Gasteiger partial charge in [-0.1, -0.05) is 13.3 Å². The van der Waals surface area contributed by atoms with Crippen molar-refractivity contribution in [1.82, 2.24) is 10.2 Å². The maximum atomic E-state index is 8.66. The molecule has 1 N–H and O–H groups in total. The van der Waals surface area contributed by atoms with E-state index in [1.54, 1.807) is 0 Å². The molecule has 1 fully saturated rings. The number of nitrogens with zero attached hydrogens (tertiary/aromatic N) is 3. The molecule has 4 nitrogen and oxygen atoms in total. The normalized spacial score (nSPS) is 26.0. The molecule has 1 heterocycles. The Bertz CT molecular complexity index is 234. The number of rotatable bonds is 4. The van der Waals surface area contributed by atoms with Gasteiger partial charge >= 0.3 is 0 Å². The van der Waals surface area contributed by atoms with Gasteiger partial charge in [0.2, 0.25) is 0 Å². The monoisotopic (exact) mass is 192 g/mol. The second-order valence-corrected chi connectivity index (χ2v) is 3.62. The van der Waals surface area contributed by atoms with Crippen molar-refractivity contribution in [3.63, 3.8) is 0 Å². The molecule has 1 rings (SSSR count). The molecular formula is C10H16N4. The molecule has 76 valence electrons. The highest BCUT2D eigenvalue weighted by atomic mass is 15.2. The Morgan fingerprint density at radius 1 is 1.29 bits per heavy atom. The molecule has 0 bridgehead atoms. The third kappa shape index (κ3) is 2.45. The van der Waals surface area contributed by atoms with Crippen molar-refractivity contribution in [1.29, 1.82) is 10.5 Å². The number of hydrogen-bond acceptors (Lipinski definition) is 4. The Kier molecular flexibility index (Phi) is 4.39. The largest absolute Gasteiger partial charge is 0.315 e. The minimum Gasteiger partial charge on any atom is -0.315 e. The second-order valence-electron chi connectivity index (χ2n) is 3.62. The van der Waals surface area contributed by atoms with Crippen LogP contribution in [0.2, 0.25) is 0 Å². The molecule has 0 saturated carbocycles. The van der Waals surface area contributed by atoms with Gasteiger partial charge in [0.05, 0.1) is 25.2 Å². The minimum atomic E-state index is 0.358. The molecule has 0 aromatic heterocycles. The minimum absolute atomic E-state index is 0.358. The smallest absolute Gasteiger partial charge is 0.0877 e. The first-order valence-corrected chi connectivity index (χ1v) is 5.02. The first-order chi connectivity index (χ1) is 6.83. The van der Waals surface area contributed by atoms with Gasteiger partial charge in [-0.05, 0) is 12.5 Å². The summed E-state index contributed by atoms with van der Waals surface area (Å²) in [4.78, 5) is 1.97. The SMILES string of the molecule is CCC1CNCC1N(CC#N)CC#N. The first-order valence-electron chi connectivity index (χ1n) is 5.02. The lowest BCUT2D eigenvalue weighted by Gasteiger charge is -2.27. The summed E-state index contributed by atoms with van der Waals surface area (Å²) in [6.07, 6.45) is 1.10. The molecule has 2 unspecified atom stereocenters. The molecule has 1 aliphatic heterocycles. The van der Waals surface area contributed by atoms with Crippen LogP contribution in [0.4, 0.5) is 0 Å². The average molecular weight is 192 g/mol. The molecule has 0 amide bonds. The Morgan fingerprint density at radius 3 is 2.43 bits per heavy atom. The predicted octanol–water partition coefficient (Wildman–Crippen LogP) is 0.334. The van der Waals surface area contributed by atoms with Crippen molar-refractivity contribution >= 4 is 0 Å². The molecule has 0 aliphatic carbocycles. The van der Waals surface area contributed by atoms with Gasteiger partial charge in [0, 0.05) is 12.6 Å². The van der Waals surface area contributed by atoms with Crippen LogP contribution in [0.1, 0.15) is 13.3 Å². The van der Waals surface area contributed by atoms with Gasteiger partial charge in [-0.15, -0.1) is 0 Å². The maximum absolute atomic E-state index is 8.66. The van der Waals surface area contributed by atoms with Crippen molar-refractivity contribution in [2.75, 3.05) is 26.2 Å². The van der Waals surface area contributed by atoms with E-state index in [0.717, 1.165) is 19.5 Å². The highest BCUT2D eigenvalue weighted by molar-refractivity contribution is 4.94.